The maximum Gasteiger partial charge on any atom is 0.132 e. The summed E-state index contributed by atoms with van der Waals surface area (Å²) in [6.45, 7) is 4.91. The molecule has 0 aromatic heterocycles. The van der Waals surface area contributed by atoms with Crippen molar-refractivity contribution in [1.29, 1.82) is 0 Å². The van der Waals surface area contributed by atoms with Crippen LogP contribution in [0.25, 0.3) is 0 Å². The second-order valence-electron chi connectivity index (χ2n) is 3.83. The predicted octanol–water partition coefficient (Wildman–Crippen LogP) is 2.48. The topological polar surface area (TPSA) is 46.2 Å². The summed E-state index contributed by atoms with van der Waals surface area (Å²) in [4.78, 5) is 0. The molecule has 2 nitrogen and oxygen atoms in total. The molecule has 0 saturated heterocycles. The molecule has 0 spiro atoms. The Balaban J connectivity index is 3.39. The lowest BCUT2D eigenvalue weighted by molar-refractivity contribution is 0.148. The summed E-state index contributed by atoms with van der Waals surface area (Å²) in [5.74, 6) is -0.429. The molecule has 0 aliphatic carbocycles. The number of rotatable bonds is 2. The summed E-state index contributed by atoms with van der Waals surface area (Å²) < 4.78 is 13.8. The largest absolute Gasteiger partial charge is 0.387 e. The second kappa shape index (κ2) is 4.47. The fourth-order valence-electron chi connectivity index (χ4n) is 1.48. The molecular formula is C11H15ClFNO. The zero-order valence-electron chi connectivity index (χ0n) is 9.01. The van der Waals surface area contributed by atoms with Crippen LogP contribution in [0.3, 0.4) is 0 Å². The van der Waals surface area contributed by atoms with Gasteiger partial charge in [-0.1, -0.05) is 11.6 Å². The lowest BCUT2D eigenvalue weighted by Gasteiger charge is -2.19. The van der Waals surface area contributed by atoms with Crippen LogP contribution in [0.5, 0.6) is 0 Å². The average Bonchev–Trinajstić information content (AvgIpc) is 2.15. The van der Waals surface area contributed by atoms with E-state index in [9.17, 15) is 9.50 Å². The van der Waals surface area contributed by atoms with Gasteiger partial charge in [-0.15, -0.1) is 0 Å². The number of hydrogen-bond acceptors (Lipinski definition) is 2. The van der Waals surface area contributed by atoms with E-state index in [-0.39, 0.29) is 5.56 Å². The van der Waals surface area contributed by atoms with E-state index in [1.165, 1.54) is 0 Å². The molecule has 2 atom stereocenters. The highest BCUT2D eigenvalue weighted by Crippen LogP contribution is 2.30. The molecule has 2 unspecified atom stereocenters. The first-order valence-electron chi connectivity index (χ1n) is 4.75. The smallest absolute Gasteiger partial charge is 0.132 e. The Kier molecular flexibility index (Phi) is 3.71. The van der Waals surface area contributed by atoms with Crippen molar-refractivity contribution in [3.63, 3.8) is 0 Å². The molecule has 0 radical (unpaired) electrons. The first-order valence-corrected chi connectivity index (χ1v) is 5.12. The molecule has 1 aromatic rings. The molecule has 0 heterocycles. The summed E-state index contributed by atoms with van der Waals surface area (Å²) >= 11 is 5.92. The fourth-order valence-corrected chi connectivity index (χ4v) is 1.75. The number of halogens is 2. The number of hydrogen-bond donors (Lipinski definition) is 2. The minimum Gasteiger partial charge on any atom is -0.387 e. The molecule has 15 heavy (non-hydrogen) atoms. The normalized spacial score (nSPS) is 15.1. The molecule has 1 rings (SSSR count). The first kappa shape index (κ1) is 12.4. The standard InChI is InChI=1S/C11H15ClFNO/c1-5-4-8(12)6(2)9(10(5)13)11(15)7(3)14/h4,7,11,15H,14H2,1-3H3. The number of aliphatic hydroxyl groups is 1. The Morgan fingerprint density at radius 2 is 2.00 bits per heavy atom. The second-order valence-corrected chi connectivity index (χ2v) is 4.24. The molecule has 0 fully saturated rings. The van der Waals surface area contributed by atoms with Crippen LogP contribution in [0.15, 0.2) is 6.07 Å². The number of aryl methyl sites for hydroxylation is 1. The van der Waals surface area contributed by atoms with Crippen molar-refractivity contribution in [3.05, 3.63) is 33.6 Å². The van der Waals surface area contributed by atoms with Crippen LogP contribution in [0.1, 0.15) is 29.7 Å². The Labute approximate surface area is 93.9 Å². The van der Waals surface area contributed by atoms with Gasteiger partial charge in [0.1, 0.15) is 5.82 Å². The van der Waals surface area contributed by atoms with E-state index >= 15 is 0 Å². The Morgan fingerprint density at radius 1 is 1.47 bits per heavy atom. The predicted molar refractivity (Wildman–Crippen MR) is 59.5 cm³/mol. The van der Waals surface area contributed by atoms with Crippen LogP contribution in [-0.2, 0) is 0 Å². The molecule has 3 N–H and O–H groups in total. The molecule has 0 amide bonds. The number of benzene rings is 1. The maximum absolute atomic E-state index is 13.8. The monoisotopic (exact) mass is 231 g/mol. The van der Waals surface area contributed by atoms with Crippen LogP contribution in [0.4, 0.5) is 4.39 Å². The third-order valence-corrected chi connectivity index (χ3v) is 2.87. The summed E-state index contributed by atoms with van der Waals surface area (Å²) in [5.41, 5.74) is 6.71. The zero-order valence-corrected chi connectivity index (χ0v) is 9.77. The van der Waals surface area contributed by atoms with Crippen molar-refractivity contribution in [3.8, 4) is 0 Å². The van der Waals surface area contributed by atoms with E-state index in [0.717, 1.165) is 0 Å². The molecule has 0 bridgehead atoms. The third kappa shape index (κ3) is 2.30. The SMILES string of the molecule is Cc1cc(Cl)c(C)c(C(O)C(C)N)c1F. The van der Waals surface area contributed by atoms with Gasteiger partial charge in [-0.2, -0.15) is 0 Å². The zero-order chi connectivity index (χ0) is 11.7. The molecule has 1 aromatic carbocycles. The van der Waals surface area contributed by atoms with E-state index in [1.807, 2.05) is 0 Å². The van der Waals surface area contributed by atoms with Gasteiger partial charge in [0.15, 0.2) is 0 Å². The quantitative estimate of drug-likeness (QED) is 0.822. The van der Waals surface area contributed by atoms with Gasteiger partial charge in [0.25, 0.3) is 0 Å². The molecule has 0 saturated carbocycles. The summed E-state index contributed by atoms with van der Waals surface area (Å²) in [6, 6.07) is 1.01. The number of aliphatic hydroxyl groups excluding tert-OH is 1. The summed E-state index contributed by atoms with van der Waals surface area (Å²) in [7, 11) is 0. The van der Waals surface area contributed by atoms with Crippen LogP contribution in [0.2, 0.25) is 5.02 Å². The van der Waals surface area contributed by atoms with Crippen molar-refractivity contribution < 1.29 is 9.50 Å². The van der Waals surface area contributed by atoms with Gasteiger partial charge in [-0.25, -0.2) is 4.39 Å². The summed E-state index contributed by atoms with van der Waals surface area (Å²) in [5, 5.41) is 10.2. The van der Waals surface area contributed by atoms with Gasteiger partial charge < -0.3 is 10.8 Å². The van der Waals surface area contributed by atoms with Crippen LogP contribution in [0, 0.1) is 19.7 Å². The van der Waals surface area contributed by atoms with Gasteiger partial charge >= 0.3 is 0 Å². The van der Waals surface area contributed by atoms with Crippen LogP contribution in [-0.4, -0.2) is 11.1 Å². The Hall–Kier alpha value is -0.640. The molecule has 84 valence electrons. The summed E-state index contributed by atoms with van der Waals surface area (Å²) in [6.07, 6.45) is -1.03. The fraction of sp³-hybridized carbons (Fsp3) is 0.455. The highest BCUT2D eigenvalue weighted by molar-refractivity contribution is 6.31. The minimum atomic E-state index is -1.03. The van der Waals surface area contributed by atoms with Gasteiger partial charge in [-0.05, 0) is 38.0 Å². The van der Waals surface area contributed by atoms with Gasteiger partial charge in [0.2, 0.25) is 0 Å². The number of nitrogens with two attached hydrogens (primary N) is 1. The lowest BCUT2D eigenvalue weighted by atomic mass is 9.96. The van der Waals surface area contributed by atoms with Gasteiger partial charge in [-0.3, -0.25) is 0 Å². The minimum absolute atomic E-state index is 0.204. The Morgan fingerprint density at radius 3 is 2.47 bits per heavy atom. The van der Waals surface area contributed by atoms with E-state index < -0.39 is 18.0 Å². The molecule has 0 aliphatic rings. The van der Waals surface area contributed by atoms with E-state index in [0.29, 0.717) is 16.1 Å². The lowest BCUT2D eigenvalue weighted by Crippen LogP contribution is -2.26. The van der Waals surface area contributed by atoms with Crippen molar-refractivity contribution >= 4 is 11.6 Å². The van der Waals surface area contributed by atoms with Crippen molar-refractivity contribution in [2.24, 2.45) is 5.73 Å². The highest BCUT2D eigenvalue weighted by atomic mass is 35.5. The maximum atomic E-state index is 13.8. The average molecular weight is 232 g/mol. The molecule has 0 aliphatic heterocycles. The van der Waals surface area contributed by atoms with Gasteiger partial charge in [0.05, 0.1) is 6.10 Å². The van der Waals surface area contributed by atoms with Crippen LogP contribution >= 0.6 is 11.6 Å². The van der Waals surface area contributed by atoms with Crippen LogP contribution < -0.4 is 5.73 Å². The Bertz CT molecular complexity index is 353. The van der Waals surface area contributed by atoms with E-state index in [4.69, 9.17) is 17.3 Å². The first-order chi connectivity index (χ1) is 6.86. The van der Waals surface area contributed by atoms with E-state index in [1.54, 1.807) is 26.8 Å². The molecule has 4 heteroatoms. The highest BCUT2D eigenvalue weighted by Gasteiger charge is 2.22. The van der Waals surface area contributed by atoms with Crippen molar-refractivity contribution in [2.45, 2.75) is 32.9 Å². The third-order valence-electron chi connectivity index (χ3n) is 2.48. The van der Waals surface area contributed by atoms with Crippen molar-refractivity contribution in [2.75, 3.05) is 0 Å². The van der Waals surface area contributed by atoms with Crippen molar-refractivity contribution in [1.82, 2.24) is 0 Å². The van der Waals surface area contributed by atoms with E-state index in [2.05, 4.69) is 0 Å². The molecular weight excluding hydrogens is 217 g/mol. The van der Waals surface area contributed by atoms with Gasteiger partial charge in [0, 0.05) is 16.6 Å².